The van der Waals surface area contributed by atoms with Crippen molar-refractivity contribution in [2.45, 2.75) is 38.3 Å². The molecule has 20 heavy (non-hydrogen) atoms. The van der Waals surface area contributed by atoms with E-state index in [2.05, 4.69) is 23.6 Å². The molecule has 0 radical (unpaired) electrons. The van der Waals surface area contributed by atoms with Gasteiger partial charge in [0, 0.05) is 19.4 Å². The first-order valence-electron chi connectivity index (χ1n) is 6.95. The third-order valence-electron chi connectivity index (χ3n) is 3.79. The maximum absolute atomic E-state index is 11.6. The fourth-order valence-corrected chi connectivity index (χ4v) is 2.73. The maximum Gasteiger partial charge on any atom is 0.243 e. The summed E-state index contributed by atoms with van der Waals surface area (Å²) in [6.07, 6.45) is 1.87. The zero-order chi connectivity index (χ0) is 14.1. The molecule has 1 fully saturated rings. The maximum atomic E-state index is 11.6. The van der Waals surface area contributed by atoms with Gasteiger partial charge in [0.05, 0.1) is 6.04 Å². The van der Waals surface area contributed by atoms with Gasteiger partial charge in [-0.25, -0.2) is 0 Å². The van der Waals surface area contributed by atoms with E-state index in [9.17, 15) is 9.59 Å². The van der Waals surface area contributed by atoms with Crippen LogP contribution in [0.2, 0.25) is 0 Å². The minimum Gasteiger partial charge on any atom is -0.488 e. The molecule has 5 heteroatoms. The van der Waals surface area contributed by atoms with Gasteiger partial charge in [0.1, 0.15) is 11.9 Å². The Labute approximate surface area is 117 Å². The van der Waals surface area contributed by atoms with Crippen molar-refractivity contribution < 1.29 is 14.3 Å². The second kappa shape index (κ2) is 5.25. The van der Waals surface area contributed by atoms with Crippen LogP contribution in [0.25, 0.3) is 0 Å². The third kappa shape index (κ3) is 2.67. The summed E-state index contributed by atoms with van der Waals surface area (Å²) in [7, 11) is 0. The summed E-state index contributed by atoms with van der Waals surface area (Å²) in [6.45, 7) is 2.68. The second-order valence-electron chi connectivity index (χ2n) is 5.47. The summed E-state index contributed by atoms with van der Waals surface area (Å²) in [5.41, 5.74) is 2.45. The van der Waals surface area contributed by atoms with E-state index >= 15 is 0 Å². The number of piperidine rings is 1. The molecule has 0 aliphatic carbocycles. The van der Waals surface area contributed by atoms with Crippen molar-refractivity contribution in [3.8, 4) is 5.75 Å². The molecule has 2 amide bonds. The number of nitrogens with one attached hydrogen (secondary N) is 2. The highest BCUT2D eigenvalue weighted by Gasteiger charge is 2.28. The molecule has 1 aromatic rings. The molecule has 5 nitrogen and oxygen atoms in total. The van der Waals surface area contributed by atoms with Gasteiger partial charge in [-0.1, -0.05) is 17.7 Å². The number of carbonyl (C=O) groups excluding carboxylic acids is 2. The van der Waals surface area contributed by atoms with E-state index in [-0.39, 0.29) is 24.0 Å². The van der Waals surface area contributed by atoms with Crippen LogP contribution in [0.3, 0.4) is 0 Å². The predicted molar refractivity (Wildman–Crippen MR) is 73.5 cm³/mol. The second-order valence-corrected chi connectivity index (χ2v) is 5.47. The molecule has 2 N–H and O–H groups in total. The lowest BCUT2D eigenvalue weighted by atomic mass is 10.0. The molecule has 106 valence electrons. The van der Waals surface area contributed by atoms with Gasteiger partial charge in [-0.05, 0) is 25.0 Å². The predicted octanol–water partition coefficient (Wildman–Crippen LogP) is 0.693. The van der Waals surface area contributed by atoms with Gasteiger partial charge in [0.25, 0.3) is 0 Å². The number of benzene rings is 1. The first kappa shape index (κ1) is 13.1. The van der Waals surface area contributed by atoms with Crippen molar-refractivity contribution in [2.75, 3.05) is 6.54 Å². The highest BCUT2D eigenvalue weighted by molar-refractivity contribution is 6.00. The molecular weight excluding hydrogens is 256 g/mol. The standard InChI is InChI=1S/C15H18N2O3/c1-9-2-4-13-10(6-9)7-11(20-13)8-16-12-3-5-14(18)17-15(12)19/h2,4,6,11-12,16H,3,5,7-8H2,1H3,(H,17,18,19). The van der Waals surface area contributed by atoms with Crippen LogP contribution >= 0.6 is 0 Å². The van der Waals surface area contributed by atoms with Crippen molar-refractivity contribution in [3.05, 3.63) is 29.3 Å². The number of carbonyl (C=O) groups is 2. The molecule has 0 bridgehead atoms. The van der Waals surface area contributed by atoms with Gasteiger partial charge in [0.15, 0.2) is 0 Å². The Kier molecular flexibility index (Phi) is 3.44. The van der Waals surface area contributed by atoms with E-state index in [0.29, 0.717) is 19.4 Å². The number of imide groups is 1. The summed E-state index contributed by atoms with van der Waals surface area (Å²) in [6, 6.07) is 5.88. The molecule has 0 spiro atoms. The molecule has 0 aromatic heterocycles. The van der Waals surface area contributed by atoms with E-state index in [1.54, 1.807) is 0 Å². The Bertz CT molecular complexity index is 556. The summed E-state index contributed by atoms with van der Waals surface area (Å²) in [4.78, 5) is 22.7. The van der Waals surface area contributed by atoms with Crippen molar-refractivity contribution in [2.24, 2.45) is 0 Å². The molecule has 2 unspecified atom stereocenters. The van der Waals surface area contributed by atoms with E-state index in [0.717, 1.165) is 12.2 Å². The topological polar surface area (TPSA) is 67.4 Å². The smallest absolute Gasteiger partial charge is 0.243 e. The van der Waals surface area contributed by atoms with E-state index in [4.69, 9.17) is 4.74 Å². The van der Waals surface area contributed by atoms with E-state index in [1.165, 1.54) is 11.1 Å². The van der Waals surface area contributed by atoms with E-state index < -0.39 is 0 Å². The fourth-order valence-electron chi connectivity index (χ4n) is 2.73. The summed E-state index contributed by atoms with van der Waals surface area (Å²) < 4.78 is 5.85. The number of hydrogen-bond donors (Lipinski definition) is 2. The van der Waals surface area contributed by atoms with Crippen molar-refractivity contribution in [1.82, 2.24) is 10.6 Å². The molecule has 2 aliphatic rings. The summed E-state index contributed by atoms with van der Waals surface area (Å²) in [5, 5.41) is 5.54. The summed E-state index contributed by atoms with van der Waals surface area (Å²) >= 11 is 0. The third-order valence-corrected chi connectivity index (χ3v) is 3.79. The lowest BCUT2D eigenvalue weighted by Crippen LogP contribution is -2.52. The van der Waals surface area contributed by atoms with Gasteiger partial charge < -0.3 is 10.1 Å². The molecule has 1 saturated heterocycles. The van der Waals surface area contributed by atoms with E-state index in [1.807, 2.05) is 12.1 Å². The zero-order valence-corrected chi connectivity index (χ0v) is 11.4. The number of amides is 2. The van der Waals surface area contributed by atoms with Crippen LogP contribution in [0.4, 0.5) is 0 Å². The highest BCUT2D eigenvalue weighted by Crippen LogP contribution is 2.29. The van der Waals surface area contributed by atoms with Crippen LogP contribution in [0.1, 0.15) is 24.0 Å². The largest absolute Gasteiger partial charge is 0.488 e. The number of rotatable bonds is 3. The molecule has 0 saturated carbocycles. The molecule has 2 heterocycles. The Morgan fingerprint density at radius 1 is 1.40 bits per heavy atom. The van der Waals surface area contributed by atoms with Crippen LogP contribution < -0.4 is 15.4 Å². The van der Waals surface area contributed by atoms with Crippen molar-refractivity contribution in [3.63, 3.8) is 0 Å². The van der Waals surface area contributed by atoms with Crippen LogP contribution in [-0.2, 0) is 16.0 Å². The SMILES string of the molecule is Cc1ccc2c(c1)CC(CNC1CCC(=O)NC1=O)O2. The number of hydrogen-bond acceptors (Lipinski definition) is 4. The van der Waals surface area contributed by atoms with Gasteiger partial charge in [-0.2, -0.15) is 0 Å². The van der Waals surface area contributed by atoms with Gasteiger partial charge in [-0.15, -0.1) is 0 Å². The number of fused-ring (bicyclic) bond motifs is 1. The van der Waals surface area contributed by atoms with Crippen LogP contribution in [-0.4, -0.2) is 30.5 Å². The van der Waals surface area contributed by atoms with Crippen LogP contribution in [0.5, 0.6) is 5.75 Å². The minimum absolute atomic E-state index is 0.0530. The Morgan fingerprint density at radius 3 is 3.05 bits per heavy atom. The normalized spacial score (nSPS) is 25.1. The molecular formula is C15H18N2O3. The molecule has 1 aromatic carbocycles. The monoisotopic (exact) mass is 274 g/mol. The van der Waals surface area contributed by atoms with Crippen LogP contribution in [0, 0.1) is 6.92 Å². The Morgan fingerprint density at radius 2 is 2.25 bits per heavy atom. The number of ether oxygens (including phenoxy) is 1. The first-order chi connectivity index (χ1) is 9.61. The lowest BCUT2D eigenvalue weighted by Gasteiger charge is -2.23. The molecule has 2 aliphatic heterocycles. The molecule has 3 rings (SSSR count). The average Bonchev–Trinajstić information content (AvgIpc) is 2.79. The van der Waals surface area contributed by atoms with Gasteiger partial charge in [0.2, 0.25) is 11.8 Å². The van der Waals surface area contributed by atoms with Gasteiger partial charge >= 0.3 is 0 Å². The van der Waals surface area contributed by atoms with Crippen molar-refractivity contribution >= 4 is 11.8 Å². The minimum atomic E-state index is -0.290. The Balaban J connectivity index is 1.54. The number of aryl methyl sites for hydroxylation is 1. The molecule has 2 atom stereocenters. The zero-order valence-electron chi connectivity index (χ0n) is 11.4. The fraction of sp³-hybridized carbons (Fsp3) is 0.467. The lowest BCUT2D eigenvalue weighted by molar-refractivity contribution is -0.134. The highest BCUT2D eigenvalue weighted by atomic mass is 16.5. The van der Waals surface area contributed by atoms with Crippen LogP contribution in [0.15, 0.2) is 18.2 Å². The first-order valence-corrected chi connectivity index (χ1v) is 6.95. The average molecular weight is 274 g/mol. The Hall–Kier alpha value is -1.88. The van der Waals surface area contributed by atoms with Gasteiger partial charge in [-0.3, -0.25) is 14.9 Å². The summed E-state index contributed by atoms with van der Waals surface area (Å²) in [5.74, 6) is 0.520. The quantitative estimate of drug-likeness (QED) is 0.796. The van der Waals surface area contributed by atoms with Crippen molar-refractivity contribution in [1.29, 1.82) is 0 Å².